The molecule has 0 aromatic heterocycles. The van der Waals surface area contributed by atoms with Crippen molar-refractivity contribution in [2.75, 3.05) is 0 Å². The molecule has 5 aromatic rings. The van der Waals surface area contributed by atoms with Gasteiger partial charge in [-0.15, -0.1) is 0 Å². The van der Waals surface area contributed by atoms with Crippen molar-refractivity contribution in [1.82, 2.24) is 0 Å². The van der Waals surface area contributed by atoms with E-state index in [-0.39, 0.29) is 7.25 Å². The molecule has 0 saturated carbocycles. The zero-order chi connectivity index (χ0) is 34.9. The summed E-state index contributed by atoms with van der Waals surface area (Å²) in [7, 11) is 17.5. The van der Waals surface area contributed by atoms with Gasteiger partial charge in [-0.25, -0.2) is 0 Å². The Morgan fingerprint density at radius 1 is 0.551 bits per heavy atom. The van der Waals surface area contributed by atoms with Gasteiger partial charge in [-0.1, -0.05) is 0 Å². The Morgan fingerprint density at radius 2 is 1.06 bits per heavy atom. The van der Waals surface area contributed by atoms with E-state index < -0.39 is 21.5 Å². The molecule has 7 rings (SSSR count). The number of allylic oxidation sites excluding steroid dienone is 2. The van der Waals surface area contributed by atoms with Gasteiger partial charge >= 0.3 is 305 Å². The summed E-state index contributed by atoms with van der Waals surface area (Å²) in [4.78, 5) is 0. The predicted octanol–water partition coefficient (Wildman–Crippen LogP) is 13.8. The van der Waals surface area contributed by atoms with Crippen LogP contribution in [0, 0.1) is 26.7 Å². The quantitative estimate of drug-likeness (QED) is 0.144. The standard InChI is InChI=1S/C24H21.C19H19.C2H7Si.2ClH.Zr/c1-16-4-8-19(9-5-16)21-14-22-12-18(3)13-23(22)24(15-21)20-10-6-17(2)7-11-20;1-13(2)17-11-16-5-4-6-18(19(16)12-17)15-9-7-14(3)8-10-15;1-3-2;;;/h4-15H,1-3H3;4-13H,1-3H3;3H,1-2H3;2*1H;/q;;;;;+2/p-2. The van der Waals surface area contributed by atoms with Crippen LogP contribution >= 0.6 is 17.0 Å². The van der Waals surface area contributed by atoms with Crippen LogP contribution in [0.25, 0.3) is 45.5 Å². The normalized spacial score (nSPS) is 17.8. The number of fused-ring (bicyclic) bond motifs is 2. The van der Waals surface area contributed by atoms with E-state index in [4.69, 9.17) is 17.0 Å². The molecule has 2 aliphatic carbocycles. The van der Waals surface area contributed by atoms with Crippen molar-refractivity contribution in [2.45, 2.75) is 61.9 Å². The first-order valence-corrected chi connectivity index (χ1v) is 34.1. The van der Waals surface area contributed by atoms with Gasteiger partial charge in [0.25, 0.3) is 0 Å². The van der Waals surface area contributed by atoms with Crippen LogP contribution in [0.4, 0.5) is 0 Å². The summed E-state index contributed by atoms with van der Waals surface area (Å²) in [5.74, 6) is -1.36. The Balaban J connectivity index is 1.49. The topological polar surface area (TPSA) is 0 Å². The second-order valence-electron chi connectivity index (χ2n) is 15.4. The van der Waals surface area contributed by atoms with E-state index in [1.807, 2.05) is 0 Å². The van der Waals surface area contributed by atoms with Crippen LogP contribution in [-0.2, 0) is 15.6 Å². The van der Waals surface area contributed by atoms with Crippen molar-refractivity contribution >= 4 is 35.1 Å². The van der Waals surface area contributed by atoms with E-state index in [9.17, 15) is 0 Å². The van der Waals surface area contributed by atoms with E-state index in [0.717, 1.165) is 0 Å². The van der Waals surface area contributed by atoms with Gasteiger partial charge in [0, 0.05) is 0 Å². The summed E-state index contributed by atoms with van der Waals surface area (Å²) in [6.07, 6.45) is 4.91. The van der Waals surface area contributed by atoms with Crippen molar-refractivity contribution in [1.29, 1.82) is 0 Å². The SMILES string of the molecule is CC1=Cc2c(-c3ccc(C)cc3)cc(-c3ccc(C)cc3)cc2[CH]1[Zr]([Cl])([Cl])([CH]1C(C(C)C)=Cc2c(-c3ccc(C)cc3)cccc21)[SiH](C)C. The molecule has 249 valence electrons. The van der Waals surface area contributed by atoms with Gasteiger partial charge in [0.05, 0.1) is 0 Å². The molecule has 0 amide bonds. The molecule has 0 saturated heterocycles. The third kappa shape index (κ3) is 5.76. The molecule has 5 aromatic carbocycles. The molecule has 0 nitrogen and oxygen atoms in total. The molecule has 49 heavy (non-hydrogen) atoms. The molecule has 0 spiro atoms. The monoisotopic (exact) mass is 775 g/mol. The van der Waals surface area contributed by atoms with E-state index in [2.05, 4.69) is 170 Å². The number of halogens is 2. The third-order valence-electron chi connectivity index (χ3n) is 11.4. The van der Waals surface area contributed by atoms with Crippen LogP contribution in [0.5, 0.6) is 0 Å². The van der Waals surface area contributed by atoms with Gasteiger partial charge in [0.1, 0.15) is 0 Å². The van der Waals surface area contributed by atoms with Crippen molar-refractivity contribution in [3.05, 3.63) is 153 Å². The molecule has 0 heterocycles. The average molecular weight is 778 g/mol. The zero-order valence-electron chi connectivity index (χ0n) is 30.0. The van der Waals surface area contributed by atoms with Crippen molar-refractivity contribution in [3.8, 4) is 33.4 Å². The minimum atomic E-state index is -4.92. The van der Waals surface area contributed by atoms with Crippen molar-refractivity contribution in [2.24, 2.45) is 5.92 Å². The molecule has 2 aliphatic rings. The second kappa shape index (κ2) is 12.8. The maximum absolute atomic E-state index is 8.74. The Morgan fingerprint density at radius 3 is 1.59 bits per heavy atom. The first-order valence-electron chi connectivity index (χ1n) is 17.8. The molecular formula is C45H47Cl2SiZr. The fourth-order valence-corrected chi connectivity index (χ4v) is 40.8. The van der Waals surface area contributed by atoms with E-state index >= 15 is 0 Å². The second-order valence-corrected chi connectivity index (χ2v) is 57.9. The third-order valence-corrected chi connectivity index (χ3v) is 63.4. The minimum absolute atomic E-state index is 0.0298. The van der Waals surface area contributed by atoms with E-state index in [1.165, 1.54) is 83.5 Å². The maximum atomic E-state index is 8.74. The van der Waals surface area contributed by atoms with E-state index in [0.29, 0.717) is 5.92 Å². The van der Waals surface area contributed by atoms with Gasteiger partial charge in [0.15, 0.2) is 0 Å². The Kier molecular flexibility index (Phi) is 9.06. The molecule has 0 aliphatic heterocycles. The molecule has 2 unspecified atom stereocenters. The van der Waals surface area contributed by atoms with Crippen molar-refractivity contribution in [3.63, 3.8) is 0 Å². The number of hydrogen-bond acceptors (Lipinski definition) is 0. The average Bonchev–Trinajstić information content (AvgIpc) is 3.65. The number of benzene rings is 5. The van der Waals surface area contributed by atoms with Gasteiger partial charge < -0.3 is 0 Å². The first kappa shape index (κ1) is 34.7. The number of aryl methyl sites for hydroxylation is 3. The van der Waals surface area contributed by atoms with Gasteiger partial charge in [0.2, 0.25) is 0 Å². The molecule has 4 heteroatoms. The van der Waals surface area contributed by atoms with Crippen LogP contribution in [0.1, 0.15) is 67.0 Å². The molecule has 0 bridgehead atoms. The fourth-order valence-electron chi connectivity index (χ4n) is 8.61. The summed E-state index contributed by atoms with van der Waals surface area (Å²) in [6.45, 7) is 18.3. The molecule has 0 radical (unpaired) electrons. The molecule has 0 fully saturated rings. The summed E-state index contributed by atoms with van der Waals surface area (Å²) >= 11 is -4.92. The number of rotatable bonds is 7. The zero-order valence-corrected chi connectivity index (χ0v) is 35.2. The van der Waals surface area contributed by atoms with E-state index in [1.54, 1.807) is 0 Å². The Hall–Kier alpha value is -2.74. The molecule has 2 atom stereocenters. The first-order chi connectivity index (χ1) is 23.3. The molecular weight excluding hydrogens is 731 g/mol. The molecule has 0 N–H and O–H groups in total. The summed E-state index contributed by atoms with van der Waals surface area (Å²) in [6, 6.07) is 38.5. The van der Waals surface area contributed by atoms with Crippen LogP contribution < -0.4 is 0 Å². The summed E-state index contributed by atoms with van der Waals surface area (Å²) in [5.41, 5.74) is 19.3. The summed E-state index contributed by atoms with van der Waals surface area (Å²) < 4.78 is 0.0872. The van der Waals surface area contributed by atoms with Crippen LogP contribution in [0.3, 0.4) is 0 Å². The van der Waals surface area contributed by atoms with Gasteiger partial charge in [-0.2, -0.15) is 0 Å². The van der Waals surface area contributed by atoms with Crippen LogP contribution in [-0.4, -0.2) is 5.92 Å². The predicted molar refractivity (Wildman–Crippen MR) is 216 cm³/mol. The van der Waals surface area contributed by atoms with Crippen LogP contribution in [0.15, 0.2) is 114 Å². The van der Waals surface area contributed by atoms with Crippen LogP contribution in [0.2, 0.25) is 13.1 Å². The Bertz CT molecular complexity index is 2140. The Labute approximate surface area is 302 Å². The fraction of sp³-hybridized carbons (Fsp3) is 0.244. The number of hydrogen-bond donors (Lipinski definition) is 0. The van der Waals surface area contributed by atoms with Gasteiger partial charge in [-0.05, 0) is 0 Å². The van der Waals surface area contributed by atoms with Crippen molar-refractivity contribution < 1.29 is 15.6 Å². The van der Waals surface area contributed by atoms with Gasteiger partial charge in [-0.3, -0.25) is 0 Å². The summed E-state index contributed by atoms with van der Waals surface area (Å²) in [5, 5.41) is 0.